The van der Waals surface area contributed by atoms with Gasteiger partial charge in [-0.1, -0.05) is 23.7 Å². The minimum Gasteiger partial charge on any atom is -0.486 e. The average Bonchev–Trinajstić information content (AvgIpc) is 3.42. The molecule has 41 heavy (non-hydrogen) atoms. The molecule has 1 aliphatic rings. The third kappa shape index (κ3) is 9.33. The number of nitrogens with one attached hydrogen (secondary N) is 1. The van der Waals surface area contributed by atoms with Gasteiger partial charge in [-0.15, -0.1) is 11.3 Å². The lowest BCUT2D eigenvalue weighted by molar-refractivity contribution is -0.118. The van der Waals surface area contributed by atoms with Gasteiger partial charge in [0.2, 0.25) is 18.7 Å². The highest BCUT2D eigenvalue weighted by Gasteiger charge is 2.16. The summed E-state index contributed by atoms with van der Waals surface area (Å²) in [6.07, 6.45) is 2.93. The molecule has 0 spiro atoms. The molecule has 0 radical (unpaired) electrons. The predicted molar refractivity (Wildman–Crippen MR) is 159 cm³/mol. The summed E-state index contributed by atoms with van der Waals surface area (Å²) >= 11 is 7.49. The van der Waals surface area contributed by atoms with Gasteiger partial charge < -0.3 is 29.3 Å². The molecule has 0 atom stereocenters. The van der Waals surface area contributed by atoms with Gasteiger partial charge >= 0.3 is 0 Å². The molecule has 0 aliphatic carbocycles. The number of aromatic nitrogens is 2. The summed E-state index contributed by atoms with van der Waals surface area (Å²) in [7, 11) is 6.75. The molecule has 0 unspecified atom stereocenters. The lowest BCUT2D eigenvalue weighted by Gasteiger charge is -2.19. The van der Waals surface area contributed by atoms with Crippen molar-refractivity contribution in [1.29, 1.82) is 0 Å². The van der Waals surface area contributed by atoms with Gasteiger partial charge in [0.25, 0.3) is 5.91 Å². The number of fused-ring (bicyclic) bond motifs is 2. The number of carbonyl (C=O) groups is 3. The van der Waals surface area contributed by atoms with Crippen LogP contribution in [0, 0.1) is 0 Å². The van der Waals surface area contributed by atoms with Crippen molar-refractivity contribution >= 4 is 57.6 Å². The number of anilines is 1. The normalized spacial score (nSPS) is 11.1. The molecule has 0 fully saturated rings. The van der Waals surface area contributed by atoms with E-state index in [9.17, 15) is 14.4 Å². The van der Waals surface area contributed by atoms with Crippen molar-refractivity contribution in [2.75, 3.05) is 53.3 Å². The number of benzene rings is 2. The third-order valence-electron chi connectivity index (χ3n) is 5.08. The van der Waals surface area contributed by atoms with Crippen molar-refractivity contribution in [2.24, 2.45) is 0 Å². The summed E-state index contributed by atoms with van der Waals surface area (Å²) in [5.41, 5.74) is 2.50. The Kier molecular flexibility index (Phi) is 11.7. The van der Waals surface area contributed by atoms with Gasteiger partial charge in [0.1, 0.15) is 24.4 Å². The van der Waals surface area contributed by atoms with Crippen LogP contribution in [-0.2, 0) is 14.4 Å². The van der Waals surface area contributed by atoms with Crippen molar-refractivity contribution in [3.63, 3.8) is 0 Å². The molecule has 3 heterocycles. The second-order valence-electron chi connectivity index (χ2n) is 8.85. The molecule has 216 valence electrons. The number of carbonyl (C=O) groups excluding carboxylic acids is 3. The molecule has 0 bridgehead atoms. The van der Waals surface area contributed by atoms with Gasteiger partial charge in [-0.25, -0.2) is 9.97 Å². The van der Waals surface area contributed by atoms with E-state index in [-0.39, 0.29) is 12.5 Å². The van der Waals surface area contributed by atoms with E-state index in [0.29, 0.717) is 41.3 Å². The Morgan fingerprint density at radius 3 is 2.27 bits per heavy atom. The molecule has 2 aromatic heterocycles. The Morgan fingerprint density at radius 1 is 1.00 bits per heavy atom. The van der Waals surface area contributed by atoms with Crippen LogP contribution >= 0.6 is 22.9 Å². The van der Waals surface area contributed by atoms with Crippen LogP contribution in [-0.4, -0.2) is 86.5 Å². The number of ether oxygens (including phenoxy) is 3. The Labute approximate surface area is 246 Å². The maximum atomic E-state index is 12.5. The van der Waals surface area contributed by atoms with Crippen molar-refractivity contribution < 1.29 is 28.6 Å². The van der Waals surface area contributed by atoms with Gasteiger partial charge in [-0.3, -0.25) is 14.4 Å². The van der Waals surface area contributed by atoms with Crippen molar-refractivity contribution in [2.45, 2.75) is 0 Å². The Balaban J connectivity index is 0.000000400. The smallest absolute Gasteiger partial charge is 0.262 e. The molecule has 1 N–H and O–H groups in total. The summed E-state index contributed by atoms with van der Waals surface area (Å²) in [6, 6.07) is 12.8. The molecular formula is C28H30ClN5O6S. The zero-order valence-electron chi connectivity index (χ0n) is 23.0. The van der Waals surface area contributed by atoms with E-state index in [1.54, 1.807) is 46.4 Å². The van der Waals surface area contributed by atoms with E-state index < -0.39 is 0 Å². The van der Waals surface area contributed by atoms with E-state index in [1.807, 2.05) is 29.6 Å². The first-order chi connectivity index (χ1) is 19.7. The van der Waals surface area contributed by atoms with E-state index in [1.165, 1.54) is 27.5 Å². The largest absolute Gasteiger partial charge is 0.486 e. The molecular weight excluding hydrogens is 570 g/mol. The highest BCUT2D eigenvalue weighted by molar-refractivity contribution is 7.17. The van der Waals surface area contributed by atoms with Crippen molar-refractivity contribution in [1.82, 2.24) is 19.8 Å². The fraction of sp³-hybridized carbons (Fsp3) is 0.250. The third-order valence-corrected chi connectivity index (χ3v) is 6.22. The van der Waals surface area contributed by atoms with Crippen LogP contribution in [0.25, 0.3) is 21.3 Å². The number of nitrogens with zero attached hydrogens (tertiary/aromatic N) is 4. The van der Waals surface area contributed by atoms with Gasteiger partial charge in [0.15, 0.2) is 18.1 Å². The molecule has 3 amide bonds. The summed E-state index contributed by atoms with van der Waals surface area (Å²) < 4.78 is 16.8. The second-order valence-corrected chi connectivity index (χ2v) is 10.1. The van der Waals surface area contributed by atoms with Crippen LogP contribution in [0.5, 0.6) is 17.4 Å². The molecule has 0 saturated carbocycles. The van der Waals surface area contributed by atoms with Crippen molar-refractivity contribution in [3.05, 3.63) is 59.2 Å². The molecule has 2 aromatic carbocycles. The minimum atomic E-state index is -0.313. The lowest BCUT2D eigenvalue weighted by atomic mass is 10.1. The maximum Gasteiger partial charge on any atom is 0.262 e. The zero-order valence-corrected chi connectivity index (χ0v) is 24.6. The van der Waals surface area contributed by atoms with Gasteiger partial charge in [-0.2, -0.15) is 0 Å². The Bertz CT molecular complexity index is 1450. The first-order valence-corrected chi connectivity index (χ1v) is 13.5. The fourth-order valence-corrected chi connectivity index (χ4v) is 4.28. The Morgan fingerprint density at radius 2 is 1.63 bits per heavy atom. The summed E-state index contributed by atoms with van der Waals surface area (Å²) in [5, 5.41) is 6.22. The van der Waals surface area contributed by atoms with Crippen molar-refractivity contribution in [3.8, 4) is 28.5 Å². The number of amides is 3. The van der Waals surface area contributed by atoms with Crippen LogP contribution in [0.4, 0.5) is 5.69 Å². The average molecular weight is 600 g/mol. The molecule has 11 nitrogen and oxygen atoms in total. The van der Waals surface area contributed by atoms with Crippen LogP contribution in [0.3, 0.4) is 0 Å². The Hall–Kier alpha value is -4.42. The van der Waals surface area contributed by atoms with Gasteiger partial charge in [0, 0.05) is 55.9 Å². The number of hydrogen-bond acceptors (Lipinski definition) is 9. The number of thiophene rings is 1. The molecule has 5 rings (SSSR count). The quantitative estimate of drug-likeness (QED) is 0.313. The van der Waals surface area contributed by atoms with Gasteiger partial charge in [-0.05, 0) is 29.8 Å². The van der Waals surface area contributed by atoms with Gasteiger partial charge in [0.05, 0.1) is 5.39 Å². The standard InChI is InChI=1S/C22H16ClN3O4S.2C3H7NO/c23-14-3-1-13(2-4-14)16-11-31-22-20(16)21(24-12-25-22)30-10-19(27)26-15-5-6-17-18(9-15)29-8-7-28-17;2*1-4(2)3-5/h1-6,9,11-12H,7-8,10H2,(H,26,27);2*3H,1-2H3. The van der Waals surface area contributed by atoms with E-state index in [0.717, 1.165) is 34.2 Å². The van der Waals surface area contributed by atoms with Crippen LogP contribution in [0.1, 0.15) is 0 Å². The van der Waals surface area contributed by atoms with Crippen LogP contribution in [0.15, 0.2) is 54.2 Å². The number of rotatable bonds is 7. The zero-order chi connectivity index (χ0) is 29.8. The number of hydrogen-bond donors (Lipinski definition) is 1. The molecule has 1 aliphatic heterocycles. The fourth-order valence-electron chi connectivity index (χ4n) is 3.25. The molecule has 0 saturated heterocycles. The van der Waals surface area contributed by atoms with E-state index in [4.69, 9.17) is 25.8 Å². The topological polar surface area (TPSA) is 123 Å². The number of halogens is 1. The second kappa shape index (κ2) is 15.4. The first-order valence-electron chi connectivity index (χ1n) is 12.3. The lowest BCUT2D eigenvalue weighted by Crippen LogP contribution is -2.21. The highest BCUT2D eigenvalue weighted by atomic mass is 35.5. The maximum absolute atomic E-state index is 12.5. The summed E-state index contributed by atoms with van der Waals surface area (Å²) in [4.78, 5) is 43.6. The summed E-state index contributed by atoms with van der Waals surface area (Å²) in [5.74, 6) is 1.31. The van der Waals surface area contributed by atoms with E-state index in [2.05, 4.69) is 15.3 Å². The SMILES string of the molecule is CN(C)C=O.CN(C)C=O.O=C(COc1ncnc2scc(-c3ccc(Cl)cc3)c12)Nc1ccc2c(c1)OCCO2. The first kappa shape index (κ1) is 31.1. The molecule has 13 heteroatoms. The summed E-state index contributed by atoms with van der Waals surface area (Å²) in [6.45, 7) is 0.796. The van der Waals surface area contributed by atoms with Crippen LogP contribution < -0.4 is 19.5 Å². The minimum absolute atomic E-state index is 0.198. The highest BCUT2D eigenvalue weighted by Crippen LogP contribution is 2.38. The van der Waals surface area contributed by atoms with E-state index >= 15 is 0 Å². The predicted octanol–water partition coefficient (Wildman–Crippen LogP) is 4.21. The molecule has 4 aromatic rings. The monoisotopic (exact) mass is 599 g/mol. The van der Waals surface area contributed by atoms with Crippen LogP contribution in [0.2, 0.25) is 5.02 Å².